The van der Waals surface area contributed by atoms with Crippen molar-refractivity contribution in [1.82, 2.24) is 9.97 Å². The predicted molar refractivity (Wildman–Crippen MR) is 76.9 cm³/mol. The molecule has 0 spiro atoms. The van der Waals surface area contributed by atoms with Crippen molar-refractivity contribution in [3.05, 3.63) is 47.4 Å². The molecular formula is C14H13ClN2S. The predicted octanol–water partition coefficient (Wildman–Crippen LogP) is 4.37. The Bertz CT molecular complexity index is 539. The summed E-state index contributed by atoms with van der Waals surface area (Å²) in [7, 11) is 0. The molecule has 2 heterocycles. The zero-order valence-corrected chi connectivity index (χ0v) is 11.4. The molecule has 1 atom stereocenters. The molecule has 0 radical (unpaired) electrons. The number of thioether (sulfide) groups is 1. The summed E-state index contributed by atoms with van der Waals surface area (Å²) >= 11 is 8.04. The first-order chi connectivity index (χ1) is 8.83. The Morgan fingerprint density at radius 1 is 1.17 bits per heavy atom. The van der Waals surface area contributed by atoms with Crippen LogP contribution in [-0.4, -0.2) is 15.7 Å². The summed E-state index contributed by atoms with van der Waals surface area (Å²) in [6.45, 7) is 0. The summed E-state index contributed by atoms with van der Waals surface area (Å²) in [6.07, 6.45) is 2.39. The van der Waals surface area contributed by atoms with Crippen LogP contribution in [0.5, 0.6) is 0 Å². The van der Waals surface area contributed by atoms with Crippen LogP contribution in [0.15, 0.2) is 36.4 Å². The molecule has 1 aromatic carbocycles. The quantitative estimate of drug-likeness (QED) is 0.762. The van der Waals surface area contributed by atoms with Crippen LogP contribution in [0, 0.1) is 0 Å². The summed E-state index contributed by atoms with van der Waals surface area (Å²) in [4.78, 5) is 9.04. The molecule has 1 aliphatic rings. The van der Waals surface area contributed by atoms with Gasteiger partial charge in [-0.15, -0.1) is 0 Å². The molecule has 2 aromatic rings. The van der Waals surface area contributed by atoms with Crippen molar-refractivity contribution in [2.45, 2.75) is 18.1 Å². The second-order valence-corrected chi connectivity index (χ2v) is 6.00. The lowest BCUT2D eigenvalue weighted by Crippen LogP contribution is -2.00. The van der Waals surface area contributed by atoms with E-state index in [2.05, 4.69) is 9.97 Å². The number of hydrogen-bond acceptors (Lipinski definition) is 3. The summed E-state index contributed by atoms with van der Waals surface area (Å²) in [5.41, 5.74) is 2.00. The Balaban J connectivity index is 2.00. The Hall–Kier alpha value is -1.06. The molecule has 1 aliphatic heterocycles. The maximum atomic E-state index is 6.12. The first kappa shape index (κ1) is 12.0. The zero-order chi connectivity index (χ0) is 12.4. The lowest BCUT2D eigenvalue weighted by Gasteiger charge is -2.09. The van der Waals surface area contributed by atoms with Crippen LogP contribution >= 0.6 is 23.4 Å². The fourth-order valence-electron chi connectivity index (χ4n) is 2.12. The summed E-state index contributed by atoms with van der Waals surface area (Å²) in [5.74, 6) is 2.07. The van der Waals surface area contributed by atoms with E-state index in [0.717, 1.165) is 23.5 Å². The molecule has 0 bridgehead atoms. The van der Waals surface area contributed by atoms with E-state index in [4.69, 9.17) is 11.6 Å². The zero-order valence-electron chi connectivity index (χ0n) is 9.84. The van der Waals surface area contributed by atoms with Crippen molar-refractivity contribution in [3.63, 3.8) is 0 Å². The van der Waals surface area contributed by atoms with E-state index in [1.165, 1.54) is 12.2 Å². The highest BCUT2D eigenvalue weighted by Gasteiger charge is 2.21. The Kier molecular flexibility index (Phi) is 3.52. The third kappa shape index (κ3) is 2.52. The normalized spacial score (nSPS) is 19.1. The summed E-state index contributed by atoms with van der Waals surface area (Å²) in [6, 6.07) is 11.9. The smallest absolute Gasteiger partial charge is 0.143 e. The fraction of sp³-hybridized carbons (Fsp3) is 0.286. The molecule has 0 N–H and O–H groups in total. The van der Waals surface area contributed by atoms with Crippen molar-refractivity contribution in [3.8, 4) is 11.3 Å². The van der Waals surface area contributed by atoms with Gasteiger partial charge in [-0.2, -0.15) is 11.8 Å². The van der Waals surface area contributed by atoms with Gasteiger partial charge in [0.1, 0.15) is 11.0 Å². The van der Waals surface area contributed by atoms with Gasteiger partial charge in [-0.1, -0.05) is 41.9 Å². The van der Waals surface area contributed by atoms with Crippen LogP contribution in [-0.2, 0) is 0 Å². The lowest BCUT2D eigenvalue weighted by molar-refractivity contribution is 0.778. The second kappa shape index (κ2) is 5.29. The van der Waals surface area contributed by atoms with E-state index >= 15 is 0 Å². The van der Waals surface area contributed by atoms with E-state index in [0.29, 0.717) is 10.4 Å². The number of aromatic nitrogens is 2. The SMILES string of the molecule is Clc1cc(-c2ccccc2)nc(C2CCCS2)n1. The Morgan fingerprint density at radius 2 is 2.00 bits per heavy atom. The molecule has 1 aromatic heterocycles. The third-order valence-corrected chi connectivity index (χ3v) is 4.57. The molecular weight excluding hydrogens is 264 g/mol. The highest BCUT2D eigenvalue weighted by molar-refractivity contribution is 7.99. The van der Waals surface area contributed by atoms with Gasteiger partial charge in [-0.25, -0.2) is 9.97 Å². The maximum Gasteiger partial charge on any atom is 0.143 e. The first-order valence-corrected chi connectivity index (χ1v) is 7.47. The van der Waals surface area contributed by atoms with Gasteiger partial charge in [0, 0.05) is 11.6 Å². The molecule has 1 unspecified atom stereocenters. The Labute approximate surface area is 116 Å². The maximum absolute atomic E-state index is 6.12. The minimum Gasteiger partial charge on any atom is -0.232 e. The van der Waals surface area contributed by atoms with Crippen molar-refractivity contribution < 1.29 is 0 Å². The minimum atomic E-state index is 0.408. The highest BCUT2D eigenvalue weighted by Crippen LogP contribution is 2.39. The Morgan fingerprint density at radius 3 is 2.72 bits per heavy atom. The van der Waals surface area contributed by atoms with Gasteiger partial charge in [0.25, 0.3) is 0 Å². The van der Waals surface area contributed by atoms with E-state index in [9.17, 15) is 0 Å². The van der Waals surface area contributed by atoms with Crippen LogP contribution in [0.25, 0.3) is 11.3 Å². The molecule has 4 heteroatoms. The fourth-order valence-corrected chi connectivity index (χ4v) is 3.51. The molecule has 0 saturated carbocycles. The van der Waals surface area contributed by atoms with E-state index in [1.54, 1.807) is 0 Å². The molecule has 2 nitrogen and oxygen atoms in total. The highest BCUT2D eigenvalue weighted by atomic mass is 35.5. The number of rotatable bonds is 2. The van der Waals surface area contributed by atoms with Crippen LogP contribution in [0.2, 0.25) is 5.15 Å². The van der Waals surface area contributed by atoms with E-state index < -0.39 is 0 Å². The van der Waals surface area contributed by atoms with E-state index in [1.807, 2.05) is 48.2 Å². The van der Waals surface area contributed by atoms with Crippen LogP contribution in [0.1, 0.15) is 23.9 Å². The second-order valence-electron chi connectivity index (χ2n) is 4.30. The molecule has 1 saturated heterocycles. The van der Waals surface area contributed by atoms with Crippen LogP contribution in [0.4, 0.5) is 0 Å². The molecule has 1 fully saturated rings. The summed E-state index contributed by atoms with van der Waals surface area (Å²) < 4.78 is 0. The van der Waals surface area contributed by atoms with Crippen LogP contribution < -0.4 is 0 Å². The third-order valence-electron chi connectivity index (χ3n) is 3.00. The molecule has 0 aliphatic carbocycles. The number of benzene rings is 1. The van der Waals surface area contributed by atoms with Crippen LogP contribution in [0.3, 0.4) is 0 Å². The van der Waals surface area contributed by atoms with Gasteiger partial charge >= 0.3 is 0 Å². The standard InChI is InChI=1S/C14H13ClN2S/c15-13-9-11(10-5-2-1-3-6-10)16-14(17-13)12-7-4-8-18-12/h1-3,5-6,9,12H,4,7-8H2. The van der Waals surface area contributed by atoms with Crippen molar-refractivity contribution >= 4 is 23.4 Å². The molecule has 3 rings (SSSR count). The average molecular weight is 277 g/mol. The average Bonchev–Trinajstić information content (AvgIpc) is 2.93. The van der Waals surface area contributed by atoms with Gasteiger partial charge in [0.05, 0.1) is 10.9 Å². The van der Waals surface area contributed by atoms with Crippen molar-refractivity contribution in [1.29, 1.82) is 0 Å². The van der Waals surface area contributed by atoms with Crippen molar-refractivity contribution in [2.24, 2.45) is 0 Å². The van der Waals surface area contributed by atoms with Gasteiger partial charge < -0.3 is 0 Å². The summed E-state index contributed by atoms with van der Waals surface area (Å²) in [5, 5.41) is 0.942. The molecule has 18 heavy (non-hydrogen) atoms. The lowest BCUT2D eigenvalue weighted by atomic mass is 10.1. The number of nitrogens with zero attached hydrogens (tertiary/aromatic N) is 2. The monoisotopic (exact) mass is 276 g/mol. The van der Waals surface area contributed by atoms with Crippen molar-refractivity contribution in [2.75, 3.05) is 5.75 Å². The first-order valence-electron chi connectivity index (χ1n) is 6.04. The molecule has 92 valence electrons. The topological polar surface area (TPSA) is 25.8 Å². The molecule has 0 amide bonds. The largest absolute Gasteiger partial charge is 0.232 e. The number of halogens is 1. The van der Waals surface area contributed by atoms with Gasteiger partial charge in [0.15, 0.2) is 0 Å². The number of hydrogen-bond donors (Lipinski definition) is 0. The van der Waals surface area contributed by atoms with Gasteiger partial charge in [0.2, 0.25) is 0 Å². The van der Waals surface area contributed by atoms with E-state index in [-0.39, 0.29) is 0 Å². The van der Waals surface area contributed by atoms with Gasteiger partial charge in [-0.05, 0) is 18.6 Å². The van der Waals surface area contributed by atoms with Gasteiger partial charge in [-0.3, -0.25) is 0 Å². The minimum absolute atomic E-state index is 0.408.